The number of carbonyl (C=O) groups is 1. The van der Waals surface area contributed by atoms with Crippen molar-refractivity contribution < 1.29 is 17.9 Å². The second-order valence-electron chi connectivity index (χ2n) is 8.18. The number of hydrogen-bond acceptors (Lipinski definition) is 7. The van der Waals surface area contributed by atoms with Crippen LogP contribution in [-0.2, 0) is 26.1 Å². The normalized spacial score (nSPS) is 25.6. The van der Waals surface area contributed by atoms with Gasteiger partial charge in [-0.1, -0.05) is 12.1 Å². The maximum absolute atomic E-state index is 13.1. The van der Waals surface area contributed by atoms with Gasteiger partial charge in [0.25, 0.3) is 5.91 Å². The van der Waals surface area contributed by atoms with E-state index in [-0.39, 0.29) is 23.0 Å². The third-order valence-electron chi connectivity index (χ3n) is 5.99. The first-order valence-corrected chi connectivity index (χ1v) is 12.0. The SMILES string of the molecule is O=C(NCc1ccc(S(=O)(=O)N2CC3CCCC(C2)O3)cc1)C1=CN2CCN=C2N=C1. The molecule has 0 radical (unpaired) electrons. The highest BCUT2D eigenvalue weighted by Gasteiger charge is 2.37. The molecule has 1 amide bonds. The molecule has 1 N–H and O–H groups in total. The van der Waals surface area contributed by atoms with Crippen molar-refractivity contribution in [3.05, 3.63) is 41.6 Å². The van der Waals surface area contributed by atoms with E-state index >= 15 is 0 Å². The molecular formula is C21H25N5O4S. The number of sulfonamides is 1. The Hall–Kier alpha value is -2.56. The summed E-state index contributed by atoms with van der Waals surface area (Å²) in [7, 11) is -3.55. The number of aliphatic imine (C=N–C) groups is 2. The highest BCUT2D eigenvalue weighted by molar-refractivity contribution is 7.89. The third-order valence-corrected chi connectivity index (χ3v) is 7.84. The molecule has 0 spiro atoms. The minimum atomic E-state index is -3.55. The Balaban J connectivity index is 1.21. The van der Waals surface area contributed by atoms with Crippen LogP contribution in [0.2, 0.25) is 0 Å². The smallest absolute Gasteiger partial charge is 0.254 e. The van der Waals surface area contributed by atoms with Gasteiger partial charge in [0.05, 0.1) is 29.2 Å². The largest absolute Gasteiger partial charge is 0.372 e. The first-order valence-electron chi connectivity index (χ1n) is 10.6. The summed E-state index contributed by atoms with van der Waals surface area (Å²) in [4.78, 5) is 23.0. The van der Waals surface area contributed by atoms with Gasteiger partial charge < -0.3 is 15.0 Å². The zero-order chi connectivity index (χ0) is 21.4. The van der Waals surface area contributed by atoms with Crippen molar-refractivity contribution in [1.82, 2.24) is 14.5 Å². The lowest BCUT2D eigenvalue weighted by Gasteiger charge is -2.40. The second-order valence-corrected chi connectivity index (χ2v) is 10.1. The molecule has 31 heavy (non-hydrogen) atoms. The van der Waals surface area contributed by atoms with Gasteiger partial charge in [0.15, 0.2) is 0 Å². The average Bonchev–Trinajstić information content (AvgIpc) is 3.25. The van der Waals surface area contributed by atoms with Gasteiger partial charge >= 0.3 is 0 Å². The van der Waals surface area contributed by atoms with E-state index in [2.05, 4.69) is 15.3 Å². The molecule has 2 unspecified atom stereocenters. The molecule has 1 aromatic carbocycles. The quantitative estimate of drug-likeness (QED) is 0.728. The number of ether oxygens (including phenoxy) is 1. The van der Waals surface area contributed by atoms with Crippen molar-refractivity contribution in [3.8, 4) is 0 Å². The van der Waals surface area contributed by atoms with Crippen LogP contribution in [0.1, 0.15) is 24.8 Å². The average molecular weight is 444 g/mol. The van der Waals surface area contributed by atoms with Gasteiger partial charge in [-0.2, -0.15) is 4.31 Å². The van der Waals surface area contributed by atoms with Gasteiger partial charge in [-0.15, -0.1) is 0 Å². The Kier molecular flexibility index (Phi) is 5.37. The molecule has 164 valence electrons. The molecule has 4 aliphatic rings. The number of nitrogens with zero attached hydrogens (tertiary/aromatic N) is 4. The molecule has 5 rings (SSSR count). The van der Waals surface area contributed by atoms with Crippen molar-refractivity contribution in [3.63, 3.8) is 0 Å². The summed E-state index contributed by atoms with van der Waals surface area (Å²) in [5.41, 5.74) is 1.29. The monoisotopic (exact) mass is 443 g/mol. The fraction of sp³-hybridized carbons (Fsp3) is 0.476. The van der Waals surface area contributed by atoms with Crippen LogP contribution >= 0.6 is 0 Å². The Bertz CT molecular complexity index is 1050. The molecule has 1 aromatic rings. The summed E-state index contributed by atoms with van der Waals surface area (Å²) in [6.45, 7) is 2.53. The molecule has 9 nitrogen and oxygen atoms in total. The van der Waals surface area contributed by atoms with Crippen LogP contribution < -0.4 is 5.32 Å². The molecule has 0 aromatic heterocycles. The van der Waals surface area contributed by atoms with Gasteiger partial charge in [-0.3, -0.25) is 4.79 Å². The van der Waals surface area contributed by atoms with Crippen LogP contribution in [0.3, 0.4) is 0 Å². The molecule has 0 aliphatic carbocycles. The predicted molar refractivity (Wildman–Crippen MR) is 115 cm³/mol. The Morgan fingerprint density at radius 2 is 1.90 bits per heavy atom. The first kappa shape index (κ1) is 20.3. The number of morpholine rings is 1. The molecule has 2 atom stereocenters. The number of rotatable bonds is 5. The summed E-state index contributed by atoms with van der Waals surface area (Å²) >= 11 is 0. The van der Waals surface area contributed by atoms with Crippen molar-refractivity contribution in [2.75, 3.05) is 26.2 Å². The fourth-order valence-electron chi connectivity index (χ4n) is 4.32. The number of fused-ring (bicyclic) bond motifs is 3. The molecule has 10 heteroatoms. The topological polar surface area (TPSA) is 104 Å². The van der Waals surface area contributed by atoms with Crippen LogP contribution in [0.4, 0.5) is 0 Å². The number of benzene rings is 1. The highest BCUT2D eigenvalue weighted by atomic mass is 32.2. The lowest BCUT2D eigenvalue weighted by molar-refractivity contribution is -0.117. The second kappa shape index (κ2) is 8.18. The number of carbonyl (C=O) groups excluding carboxylic acids is 1. The molecule has 2 fully saturated rings. The summed E-state index contributed by atoms with van der Waals surface area (Å²) in [5, 5.41) is 2.86. The van der Waals surface area contributed by atoms with Crippen LogP contribution in [-0.4, -0.2) is 74.1 Å². The zero-order valence-corrected chi connectivity index (χ0v) is 17.9. The van der Waals surface area contributed by atoms with Crippen molar-refractivity contribution in [2.45, 2.75) is 42.9 Å². The Labute approximate surface area is 181 Å². The molecular weight excluding hydrogens is 418 g/mol. The van der Waals surface area contributed by atoms with Crippen LogP contribution in [0, 0.1) is 0 Å². The standard InChI is InChI=1S/C21H25N5O4S/c27-20(16-11-24-21-22-8-9-25(21)12-16)23-10-15-4-6-19(7-5-15)31(28,29)26-13-17-2-1-3-18(14-26)30-17/h4-7,11-12,17-18H,1-3,8-10,13-14H2,(H,23,27). The van der Waals surface area contributed by atoms with E-state index < -0.39 is 10.0 Å². The lowest BCUT2D eigenvalue weighted by atomic mass is 10.0. The first-order chi connectivity index (χ1) is 15.0. The third kappa shape index (κ3) is 4.15. The summed E-state index contributed by atoms with van der Waals surface area (Å²) < 4.78 is 33.5. The van der Waals surface area contributed by atoms with Gasteiger partial charge in [0, 0.05) is 38.6 Å². The van der Waals surface area contributed by atoms with Crippen molar-refractivity contribution in [2.24, 2.45) is 9.98 Å². The zero-order valence-electron chi connectivity index (χ0n) is 17.1. The number of guanidine groups is 1. The van der Waals surface area contributed by atoms with Crippen LogP contribution in [0.25, 0.3) is 0 Å². The maximum atomic E-state index is 13.1. The Morgan fingerprint density at radius 3 is 2.65 bits per heavy atom. The van der Waals surface area contributed by atoms with E-state index in [9.17, 15) is 13.2 Å². The summed E-state index contributed by atoms with van der Waals surface area (Å²) in [5.74, 6) is 0.406. The number of nitrogens with one attached hydrogen (secondary N) is 1. The predicted octanol–water partition coefficient (Wildman–Crippen LogP) is 0.885. The molecule has 0 saturated carbocycles. The molecule has 2 saturated heterocycles. The molecule has 4 aliphatic heterocycles. The minimum Gasteiger partial charge on any atom is -0.372 e. The van der Waals surface area contributed by atoms with E-state index in [0.717, 1.165) is 31.4 Å². The number of hydrogen-bond donors (Lipinski definition) is 1. The van der Waals surface area contributed by atoms with Crippen LogP contribution in [0.15, 0.2) is 50.9 Å². The van der Waals surface area contributed by atoms with E-state index in [4.69, 9.17) is 4.74 Å². The van der Waals surface area contributed by atoms with Gasteiger partial charge in [0.1, 0.15) is 0 Å². The fourth-order valence-corrected chi connectivity index (χ4v) is 5.82. The Morgan fingerprint density at radius 1 is 1.16 bits per heavy atom. The maximum Gasteiger partial charge on any atom is 0.254 e. The van der Waals surface area contributed by atoms with Gasteiger partial charge in [-0.05, 0) is 37.0 Å². The summed E-state index contributed by atoms with van der Waals surface area (Å²) in [6.07, 6.45) is 6.18. The van der Waals surface area contributed by atoms with Crippen molar-refractivity contribution >= 4 is 28.1 Å². The van der Waals surface area contributed by atoms with Crippen molar-refractivity contribution in [1.29, 1.82) is 0 Å². The highest BCUT2D eigenvalue weighted by Crippen LogP contribution is 2.29. The van der Waals surface area contributed by atoms with E-state index in [0.29, 0.717) is 37.7 Å². The summed E-state index contributed by atoms with van der Waals surface area (Å²) in [6, 6.07) is 6.69. The molecule has 4 heterocycles. The van der Waals surface area contributed by atoms with E-state index in [1.54, 1.807) is 34.8 Å². The number of amides is 1. The lowest BCUT2D eigenvalue weighted by Crippen LogP contribution is -2.51. The van der Waals surface area contributed by atoms with E-state index in [1.165, 1.54) is 6.21 Å². The van der Waals surface area contributed by atoms with E-state index in [1.807, 2.05) is 4.90 Å². The minimum absolute atomic E-state index is 0.00250. The van der Waals surface area contributed by atoms with Gasteiger partial charge in [-0.25, -0.2) is 18.4 Å². The van der Waals surface area contributed by atoms with Crippen LogP contribution in [0.5, 0.6) is 0 Å². The molecule has 2 bridgehead atoms. The van der Waals surface area contributed by atoms with Gasteiger partial charge in [0.2, 0.25) is 16.0 Å².